The molecule has 0 heterocycles. The number of likely N-dealkylation sites (N-methyl/N-ethyl adjacent to an activating group) is 1. The molecule has 0 aliphatic carbocycles. The second-order valence-corrected chi connectivity index (χ2v) is 7.97. The van der Waals surface area contributed by atoms with Gasteiger partial charge in [-0.05, 0) is 70.1 Å². The molecule has 1 amide bonds. The van der Waals surface area contributed by atoms with Gasteiger partial charge in [0.05, 0.1) is 6.54 Å². The third kappa shape index (κ3) is 5.79. The van der Waals surface area contributed by atoms with Crippen molar-refractivity contribution >= 4 is 5.91 Å². The molecule has 0 aliphatic heterocycles. The number of amides is 1. The van der Waals surface area contributed by atoms with Crippen molar-refractivity contribution in [3.8, 4) is 5.75 Å². The van der Waals surface area contributed by atoms with Crippen LogP contribution in [0.3, 0.4) is 0 Å². The van der Waals surface area contributed by atoms with Gasteiger partial charge in [0.2, 0.25) is 5.91 Å². The van der Waals surface area contributed by atoms with Crippen LogP contribution in [0.25, 0.3) is 0 Å². The van der Waals surface area contributed by atoms with Crippen molar-refractivity contribution in [1.82, 2.24) is 9.80 Å². The normalized spacial score (nSPS) is 12.9. The third-order valence-electron chi connectivity index (χ3n) is 4.74. The Kier molecular flexibility index (Phi) is 6.60. The van der Waals surface area contributed by atoms with Gasteiger partial charge in [0.1, 0.15) is 11.6 Å². The number of aromatic hydroxyl groups is 1. The van der Waals surface area contributed by atoms with Crippen LogP contribution in [0.1, 0.15) is 44.9 Å². The lowest BCUT2D eigenvalue weighted by Crippen LogP contribution is -2.48. The molecule has 0 fully saturated rings. The summed E-state index contributed by atoms with van der Waals surface area (Å²) in [4.78, 5) is 16.8. The zero-order chi connectivity index (χ0) is 20.2. The molecule has 1 atom stereocenters. The van der Waals surface area contributed by atoms with Gasteiger partial charge in [-0.2, -0.15) is 0 Å². The van der Waals surface area contributed by atoms with E-state index in [4.69, 9.17) is 0 Å². The average molecular weight is 372 g/mol. The van der Waals surface area contributed by atoms with E-state index in [1.807, 2.05) is 51.8 Å². The Morgan fingerprint density at radius 1 is 1.15 bits per heavy atom. The lowest BCUT2D eigenvalue weighted by Gasteiger charge is -2.37. The molecule has 5 heteroatoms. The molecule has 0 aromatic heterocycles. The molecular formula is C22H29FN2O2. The molecule has 2 aromatic carbocycles. The van der Waals surface area contributed by atoms with Gasteiger partial charge in [-0.3, -0.25) is 9.69 Å². The molecule has 2 rings (SSSR count). The van der Waals surface area contributed by atoms with Gasteiger partial charge < -0.3 is 10.0 Å². The first-order chi connectivity index (χ1) is 12.6. The second kappa shape index (κ2) is 8.53. The number of phenolic OH excluding ortho intramolecular Hbond substituents is 1. The van der Waals surface area contributed by atoms with Crippen LogP contribution in [0.2, 0.25) is 0 Å². The number of carbonyl (C=O) groups is 1. The average Bonchev–Trinajstić information content (AvgIpc) is 2.58. The molecule has 1 N–H and O–H groups in total. The smallest absolute Gasteiger partial charge is 0.237 e. The second-order valence-electron chi connectivity index (χ2n) is 7.97. The Morgan fingerprint density at radius 2 is 1.81 bits per heavy atom. The molecule has 146 valence electrons. The minimum atomic E-state index is -0.390. The maximum Gasteiger partial charge on any atom is 0.237 e. The summed E-state index contributed by atoms with van der Waals surface area (Å²) in [6.07, 6.45) is 0. The van der Waals surface area contributed by atoms with E-state index in [0.29, 0.717) is 6.54 Å². The summed E-state index contributed by atoms with van der Waals surface area (Å²) in [6.45, 7) is 8.50. The fourth-order valence-electron chi connectivity index (χ4n) is 2.99. The molecular weight excluding hydrogens is 343 g/mol. The van der Waals surface area contributed by atoms with Crippen LogP contribution < -0.4 is 0 Å². The fraction of sp³-hybridized carbons (Fsp3) is 0.409. The number of benzene rings is 2. The minimum absolute atomic E-state index is 0.0266. The molecule has 4 nitrogen and oxygen atoms in total. The number of rotatable bonds is 6. The number of phenols is 1. The first kappa shape index (κ1) is 20.9. The first-order valence-corrected chi connectivity index (χ1v) is 9.12. The van der Waals surface area contributed by atoms with Gasteiger partial charge in [0, 0.05) is 18.1 Å². The summed E-state index contributed by atoms with van der Waals surface area (Å²) in [6, 6.07) is 13.4. The molecule has 0 aliphatic rings. The fourth-order valence-corrected chi connectivity index (χ4v) is 2.99. The topological polar surface area (TPSA) is 43.8 Å². The van der Waals surface area contributed by atoms with Crippen LogP contribution in [0.4, 0.5) is 4.39 Å². The van der Waals surface area contributed by atoms with Crippen molar-refractivity contribution in [2.24, 2.45) is 0 Å². The quantitative estimate of drug-likeness (QED) is 0.820. The predicted molar refractivity (Wildman–Crippen MR) is 106 cm³/mol. The van der Waals surface area contributed by atoms with E-state index in [9.17, 15) is 14.3 Å². The van der Waals surface area contributed by atoms with Crippen LogP contribution in [0.5, 0.6) is 5.75 Å². The van der Waals surface area contributed by atoms with Crippen molar-refractivity contribution in [3.63, 3.8) is 0 Å². The molecule has 0 bridgehead atoms. The molecule has 2 aromatic rings. The summed E-state index contributed by atoms with van der Waals surface area (Å²) >= 11 is 0. The van der Waals surface area contributed by atoms with Gasteiger partial charge in [-0.1, -0.05) is 24.3 Å². The van der Waals surface area contributed by atoms with Crippen molar-refractivity contribution in [2.75, 3.05) is 13.6 Å². The SMILES string of the molecule is CC(c1cccc(O)c1)N(C)CC(=O)N(Cc1cccc(F)c1)C(C)(C)C. The molecule has 0 saturated carbocycles. The highest BCUT2D eigenvalue weighted by Gasteiger charge is 2.28. The summed E-state index contributed by atoms with van der Waals surface area (Å²) in [5.41, 5.74) is 1.32. The lowest BCUT2D eigenvalue weighted by atomic mass is 10.0. The molecule has 0 spiro atoms. The van der Waals surface area contributed by atoms with Crippen LogP contribution >= 0.6 is 0 Å². The van der Waals surface area contributed by atoms with Crippen molar-refractivity contribution in [2.45, 2.75) is 45.8 Å². The number of halogens is 1. The largest absolute Gasteiger partial charge is 0.508 e. The highest BCUT2D eigenvalue weighted by Crippen LogP contribution is 2.24. The van der Waals surface area contributed by atoms with Gasteiger partial charge >= 0.3 is 0 Å². The van der Waals surface area contributed by atoms with Crippen molar-refractivity contribution < 1.29 is 14.3 Å². The van der Waals surface area contributed by atoms with Crippen LogP contribution in [-0.4, -0.2) is 39.9 Å². The highest BCUT2D eigenvalue weighted by atomic mass is 19.1. The molecule has 1 unspecified atom stereocenters. The molecule has 0 radical (unpaired) electrons. The Bertz CT molecular complexity index is 786. The Labute approximate surface area is 161 Å². The van der Waals surface area contributed by atoms with Gasteiger partial charge in [0.15, 0.2) is 0 Å². The lowest BCUT2D eigenvalue weighted by molar-refractivity contribution is -0.138. The van der Waals surface area contributed by atoms with Crippen molar-refractivity contribution in [3.05, 3.63) is 65.5 Å². The zero-order valence-electron chi connectivity index (χ0n) is 16.7. The highest BCUT2D eigenvalue weighted by molar-refractivity contribution is 5.79. The van der Waals surface area contributed by atoms with Gasteiger partial charge in [-0.15, -0.1) is 0 Å². The minimum Gasteiger partial charge on any atom is -0.508 e. The molecule has 27 heavy (non-hydrogen) atoms. The maximum atomic E-state index is 13.5. The Morgan fingerprint density at radius 3 is 2.41 bits per heavy atom. The summed E-state index contributed by atoms with van der Waals surface area (Å²) in [7, 11) is 1.88. The van der Waals surface area contributed by atoms with Gasteiger partial charge in [-0.25, -0.2) is 4.39 Å². The summed E-state index contributed by atoms with van der Waals surface area (Å²) in [5, 5.41) is 9.68. The number of hydrogen-bond donors (Lipinski definition) is 1. The predicted octanol–water partition coefficient (Wildman–Crippen LogP) is 4.35. The summed E-state index contributed by atoms with van der Waals surface area (Å²) in [5.74, 6) is -0.119. The van der Waals surface area contributed by atoms with E-state index in [1.54, 1.807) is 29.2 Å². The van der Waals surface area contributed by atoms with E-state index in [2.05, 4.69) is 0 Å². The van der Waals surface area contributed by atoms with E-state index >= 15 is 0 Å². The maximum absolute atomic E-state index is 13.5. The van der Waals surface area contributed by atoms with Crippen LogP contribution in [0, 0.1) is 5.82 Å². The van der Waals surface area contributed by atoms with Gasteiger partial charge in [0.25, 0.3) is 0 Å². The number of carbonyl (C=O) groups excluding carboxylic acids is 1. The zero-order valence-corrected chi connectivity index (χ0v) is 16.7. The van der Waals surface area contributed by atoms with E-state index < -0.39 is 5.54 Å². The Balaban J connectivity index is 2.13. The van der Waals surface area contributed by atoms with E-state index in [-0.39, 0.29) is 30.1 Å². The third-order valence-corrected chi connectivity index (χ3v) is 4.74. The Hall–Kier alpha value is -2.40. The first-order valence-electron chi connectivity index (χ1n) is 9.12. The monoisotopic (exact) mass is 372 g/mol. The number of nitrogens with zero attached hydrogens (tertiary/aromatic N) is 2. The summed E-state index contributed by atoms with van der Waals surface area (Å²) < 4.78 is 13.5. The standard InChI is InChI=1S/C22H29FN2O2/c1-16(18-9-7-11-20(26)13-18)24(5)15-21(27)25(22(2,3)4)14-17-8-6-10-19(23)12-17/h6-13,16,26H,14-15H2,1-5H3. The van der Waals surface area contributed by atoms with E-state index in [0.717, 1.165) is 11.1 Å². The van der Waals surface area contributed by atoms with E-state index in [1.165, 1.54) is 12.1 Å². The number of hydrogen-bond acceptors (Lipinski definition) is 3. The van der Waals surface area contributed by atoms with Crippen molar-refractivity contribution in [1.29, 1.82) is 0 Å². The van der Waals surface area contributed by atoms with Crippen LogP contribution in [0.15, 0.2) is 48.5 Å². The van der Waals surface area contributed by atoms with Crippen LogP contribution in [-0.2, 0) is 11.3 Å². The molecule has 0 saturated heterocycles.